The van der Waals surface area contributed by atoms with Crippen LogP contribution < -0.4 is 5.32 Å². The molecule has 6 heteroatoms. The quantitative estimate of drug-likeness (QED) is 0.767. The van der Waals surface area contributed by atoms with Gasteiger partial charge in [-0.15, -0.1) is 0 Å². The fourth-order valence-corrected chi connectivity index (χ4v) is 2.19. The van der Waals surface area contributed by atoms with Gasteiger partial charge in [0.15, 0.2) is 5.79 Å². The zero-order chi connectivity index (χ0) is 11.5. The van der Waals surface area contributed by atoms with E-state index in [4.69, 9.17) is 14.6 Å². The first-order valence-corrected chi connectivity index (χ1v) is 6.06. The van der Waals surface area contributed by atoms with E-state index >= 15 is 0 Å². The highest BCUT2D eigenvalue weighted by Crippen LogP contribution is 2.25. The smallest absolute Gasteiger partial charge is 0.405 e. The molecule has 1 aliphatic heterocycles. The molecule has 1 rings (SSSR count). The number of hydrogen-bond acceptors (Lipinski definition) is 4. The fourth-order valence-electron chi connectivity index (χ4n) is 1.40. The Morgan fingerprint density at radius 3 is 2.40 bits per heavy atom. The second-order valence-corrected chi connectivity index (χ2v) is 4.99. The Morgan fingerprint density at radius 1 is 1.47 bits per heavy atom. The molecule has 1 amide bonds. The van der Waals surface area contributed by atoms with Gasteiger partial charge in [-0.05, 0) is 20.1 Å². The third-order valence-electron chi connectivity index (χ3n) is 2.18. The van der Waals surface area contributed by atoms with Crippen molar-refractivity contribution in [2.75, 3.05) is 25.2 Å². The summed E-state index contributed by atoms with van der Waals surface area (Å²) in [5.74, 6) is 0.0114. The maximum Gasteiger partial charge on any atom is 0.405 e. The molecule has 1 saturated heterocycles. The Kier molecular flexibility index (Phi) is 3.86. The lowest BCUT2D eigenvalue weighted by atomic mass is 10.0. The lowest BCUT2D eigenvalue weighted by Gasteiger charge is -2.42. The molecule has 0 aromatic rings. The second-order valence-electron chi connectivity index (χ2n) is 4.12. The Labute approximate surface area is 93.5 Å². The molecule has 0 radical (unpaired) electrons. The van der Waals surface area contributed by atoms with E-state index < -0.39 is 17.4 Å². The Balaban J connectivity index is 2.64. The Hall–Kier alpha value is -0.460. The van der Waals surface area contributed by atoms with Gasteiger partial charge in [0.25, 0.3) is 0 Å². The van der Waals surface area contributed by atoms with E-state index in [1.807, 2.05) is 20.1 Å². The number of ether oxygens (including phenoxy) is 2. The van der Waals surface area contributed by atoms with Crippen LogP contribution in [0.15, 0.2) is 0 Å². The summed E-state index contributed by atoms with van der Waals surface area (Å²) in [5, 5.41) is 11.2. The number of nitrogens with one attached hydrogen (secondary N) is 1. The molecule has 1 heterocycles. The van der Waals surface area contributed by atoms with Crippen LogP contribution in [0, 0.1) is 0 Å². The summed E-state index contributed by atoms with van der Waals surface area (Å²) in [6, 6.07) is 0. The average molecular weight is 235 g/mol. The highest BCUT2D eigenvalue weighted by atomic mass is 32.2. The first kappa shape index (κ1) is 12.6. The molecule has 0 bridgehead atoms. The number of carbonyl (C=O) groups is 1. The van der Waals surface area contributed by atoms with Crippen molar-refractivity contribution in [3.05, 3.63) is 0 Å². The van der Waals surface area contributed by atoms with E-state index in [2.05, 4.69) is 5.32 Å². The minimum Gasteiger partial charge on any atom is -0.465 e. The van der Waals surface area contributed by atoms with Gasteiger partial charge in [-0.25, -0.2) is 4.79 Å². The number of rotatable bonds is 3. The van der Waals surface area contributed by atoms with Crippen molar-refractivity contribution in [2.24, 2.45) is 0 Å². The highest BCUT2D eigenvalue weighted by molar-refractivity contribution is 7.98. The zero-order valence-electron chi connectivity index (χ0n) is 9.20. The van der Waals surface area contributed by atoms with Gasteiger partial charge in [0, 0.05) is 5.75 Å². The van der Waals surface area contributed by atoms with Crippen molar-refractivity contribution in [1.29, 1.82) is 0 Å². The van der Waals surface area contributed by atoms with Crippen molar-refractivity contribution in [1.82, 2.24) is 5.32 Å². The maximum absolute atomic E-state index is 10.7. The summed E-state index contributed by atoms with van der Waals surface area (Å²) in [5.41, 5.74) is -0.624. The molecule has 5 nitrogen and oxygen atoms in total. The van der Waals surface area contributed by atoms with E-state index in [1.54, 1.807) is 11.8 Å². The Morgan fingerprint density at radius 2 is 2.00 bits per heavy atom. The van der Waals surface area contributed by atoms with Gasteiger partial charge in [-0.1, -0.05) is 0 Å². The van der Waals surface area contributed by atoms with Crippen LogP contribution in [0.25, 0.3) is 0 Å². The van der Waals surface area contributed by atoms with Crippen LogP contribution in [0.3, 0.4) is 0 Å². The van der Waals surface area contributed by atoms with Crippen molar-refractivity contribution < 1.29 is 19.4 Å². The Bertz CT molecular complexity index is 234. The van der Waals surface area contributed by atoms with Gasteiger partial charge in [-0.2, -0.15) is 11.8 Å². The molecule has 0 aromatic heterocycles. The topological polar surface area (TPSA) is 67.8 Å². The van der Waals surface area contributed by atoms with E-state index in [0.717, 1.165) is 0 Å². The van der Waals surface area contributed by atoms with Crippen LogP contribution in [0.2, 0.25) is 0 Å². The lowest BCUT2D eigenvalue weighted by molar-refractivity contribution is -0.267. The van der Waals surface area contributed by atoms with Gasteiger partial charge in [0.1, 0.15) is 0 Å². The fraction of sp³-hybridized carbons (Fsp3) is 0.889. The summed E-state index contributed by atoms with van der Waals surface area (Å²) in [6.07, 6.45) is 0.876. The van der Waals surface area contributed by atoms with Crippen LogP contribution in [-0.2, 0) is 9.47 Å². The van der Waals surface area contributed by atoms with E-state index in [9.17, 15) is 4.79 Å². The molecule has 15 heavy (non-hydrogen) atoms. The molecular formula is C9H17NO4S. The summed E-state index contributed by atoms with van der Waals surface area (Å²) >= 11 is 1.56. The van der Waals surface area contributed by atoms with Crippen LogP contribution in [0.5, 0.6) is 0 Å². The number of hydrogen-bond donors (Lipinski definition) is 2. The van der Waals surface area contributed by atoms with Crippen molar-refractivity contribution in [3.63, 3.8) is 0 Å². The number of carboxylic acid groups (broad SMARTS) is 1. The van der Waals surface area contributed by atoms with Crippen LogP contribution >= 0.6 is 11.8 Å². The van der Waals surface area contributed by atoms with E-state index in [-0.39, 0.29) is 0 Å². The monoisotopic (exact) mass is 235 g/mol. The van der Waals surface area contributed by atoms with Crippen molar-refractivity contribution >= 4 is 17.9 Å². The van der Waals surface area contributed by atoms with Crippen molar-refractivity contribution in [2.45, 2.75) is 25.2 Å². The van der Waals surface area contributed by atoms with Gasteiger partial charge in [0.05, 0.1) is 18.8 Å². The largest absolute Gasteiger partial charge is 0.465 e. The molecule has 88 valence electrons. The van der Waals surface area contributed by atoms with Gasteiger partial charge in [0.2, 0.25) is 0 Å². The van der Waals surface area contributed by atoms with Crippen LogP contribution in [-0.4, -0.2) is 47.7 Å². The number of thioether (sulfide) groups is 1. The van der Waals surface area contributed by atoms with E-state index in [0.29, 0.717) is 19.0 Å². The molecule has 0 saturated carbocycles. The minimum absolute atomic E-state index is 0.340. The van der Waals surface area contributed by atoms with Crippen molar-refractivity contribution in [3.8, 4) is 0 Å². The number of amides is 1. The lowest BCUT2D eigenvalue weighted by Crippen LogP contribution is -2.62. The molecule has 0 aliphatic carbocycles. The third kappa shape index (κ3) is 3.55. The molecule has 0 spiro atoms. The molecule has 2 N–H and O–H groups in total. The SMILES string of the molecule is CSCC1(NC(=O)O)COC(C)(C)OC1. The summed E-state index contributed by atoms with van der Waals surface area (Å²) in [6.45, 7) is 4.31. The second kappa shape index (κ2) is 4.59. The summed E-state index contributed by atoms with van der Waals surface area (Å²) in [4.78, 5) is 10.7. The van der Waals surface area contributed by atoms with Gasteiger partial charge in [-0.3, -0.25) is 0 Å². The predicted octanol–water partition coefficient (Wildman–Crippen LogP) is 1.14. The molecule has 0 aromatic carbocycles. The van der Waals surface area contributed by atoms with Gasteiger partial charge < -0.3 is 19.9 Å². The maximum atomic E-state index is 10.7. The third-order valence-corrected chi connectivity index (χ3v) is 3.03. The highest BCUT2D eigenvalue weighted by Gasteiger charge is 2.41. The standard InChI is InChI=1S/C9H17NO4S/c1-8(2)13-4-9(5-14-8,6-15-3)10-7(11)12/h10H,4-6H2,1-3H3,(H,11,12). The predicted molar refractivity (Wildman–Crippen MR) is 58.3 cm³/mol. The first-order chi connectivity index (χ1) is 6.89. The first-order valence-electron chi connectivity index (χ1n) is 4.67. The molecule has 1 aliphatic rings. The average Bonchev–Trinajstić information content (AvgIpc) is 2.10. The summed E-state index contributed by atoms with van der Waals surface area (Å²) in [7, 11) is 0. The van der Waals surface area contributed by atoms with Gasteiger partial charge >= 0.3 is 6.09 Å². The van der Waals surface area contributed by atoms with E-state index in [1.165, 1.54) is 0 Å². The molecule has 0 unspecified atom stereocenters. The minimum atomic E-state index is -1.05. The summed E-state index contributed by atoms with van der Waals surface area (Å²) < 4.78 is 10.9. The molecule has 0 atom stereocenters. The molecular weight excluding hydrogens is 218 g/mol. The normalized spacial score (nSPS) is 23.4. The zero-order valence-corrected chi connectivity index (χ0v) is 10.0. The van der Waals surface area contributed by atoms with Crippen LogP contribution in [0.4, 0.5) is 4.79 Å². The van der Waals surface area contributed by atoms with Crippen LogP contribution in [0.1, 0.15) is 13.8 Å². The molecule has 1 fully saturated rings.